The van der Waals surface area contributed by atoms with Crippen LogP contribution >= 0.6 is 0 Å². The maximum atomic E-state index is 13.3. The Morgan fingerprint density at radius 1 is 1.20 bits per heavy atom. The molecule has 2 fully saturated rings. The van der Waals surface area contributed by atoms with Crippen LogP contribution in [0.25, 0.3) is 0 Å². The lowest BCUT2D eigenvalue weighted by molar-refractivity contribution is 0.0679. The summed E-state index contributed by atoms with van der Waals surface area (Å²) in [6.45, 7) is 4.75. The van der Waals surface area contributed by atoms with Crippen LogP contribution in [0.15, 0.2) is 36.5 Å². The number of carbonyl (C=O) groups excluding carboxylic acids is 1. The Labute approximate surface area is 149 Å². The van der Waals surface area contributed by atoms with E-state index in [0.717, 1.165) is 50.0 Å². The quantitative estimate of drug-likeness (QED) is 0.932. The first kappa shape index (κ1) is 16.3. The van der Waals surface area contributed by atoms with Gasteiger partial charge < -0.3 is 10.2 Å². The Hall–Kier alpha value is -2.14. The largest absolute Gasteiger partial charge is 0.331 e. The smallest absolute Gasteiger partial charge is 0.257 e. The lowest BCUT2D eigenvalue weighted by Gasteiger charge is -2.28. The summed E-state index contributed by atoms with van der Waals surface area (Å²) in [5.74, 6) is 0.173. The van der Waals surface area contributed by atoms with Gasteiger partial charge in [0, 0.05) is 18.6 Å². The summed E-state index contributed by atoms with van der Waals surface area (Å²) in [4.78, 5) is 15.4. The minimum atomic E-state index is 0.173. The second-order valence-electron chi connectivity index (χ2n) is 7.09. The number of hydrogen-bond donors (Lipinski definition) is 1. The topological polar surface area (TPSA) is 50.2 Å². The molecule has 2 aliphatic heterocycles. The molecule has 1 amide bonds. The van der Waals surface area contributed by atoms with Crippen molar-refractivity contribution in [1.82, 2.24) is 20.0 Å². The highest BCUT2D eigenvalue weighted by molar-refractivity contribution is 5.95. The predicted octanol–water partition coefficient (Wildman–Crippen LogP) is 2.46. The molecule has 0 aliphatic carbocycles. The summed E-state index contributed by atoms with van der Waals surface area (Å²) in [6.07, 6.45) is 5.90. The first-order valence-corrected chi connectivity index (χ1v) is 9.40. The van der Waals surface area contributed by atoms with Gasteiger partial charge in [-0.25, -0.2) is 0 Å². The maximum Gasteiger partial charge on any atom is 0.257 e. The number of nitrogens with one attached hydrogen (secondary N) is 1. The van der Waals surface area contributed by atoms with Gasteiger partial charge in [-0.15, -0.1) is 0 Å². The molecule has 5 nitrogen and oxygen atoms in total. The number of benzene rings is 1. The van der Waals surface area contributed by atoms with Crippen LogP contribution in [-0.2, 0) is 13.0 Å². The van der Waals surface area contributed by atoms with Crippen LogP contribution in [-0.4, -0.2) is 45.8 Å². The average molecular weight is 338 g/mol. The van der Waals surface area contributed by atoms with Crippen molar-refractivity contribution in [1.29, 1.82) is 0 Å². The van der Waals surface area contributed by atoms with Crippen molar-refractivity contribution >= 4 is 5.91 Å². The van der Waals surface area contributed by atoms with E-state index < -0.39 is 0 Å². The highest BCUT2D eigenvalue weighted by Crippen LogP contribution is 2.30. The van der Waals surface area contributed by atoms with Crippen LogP contribution in [0.1, 0.15) is 47.8 Å². The van der Waals surface area contributed by atoms with E-state index in [-0.39, 0.29) is 5.91 Å². The number of nitrogens with zero attached hydrogens (tertiary/aromatic N) is 3. The van der Waals surface area contributed by atoms with Gasteiger partial charge in [0.1, 0.15) is 0 Å². The number of carbonyl (C=O) groups is 1. The first-order chi connectivity index (χ1) is 12.3. The highest BCUT2D eigenvalue weighted by atomic mass is 16.2. The average Bonchev–Trinajstić information content (AvgIpc) is 3.14. The lowest BCUT2D eigenvalue weighted by atomic mass is 10.1. The Balaban J connectivity index is 1.61. The van der Waals surface area contributed by atoms with Crippen LogP contribution < -0.4 is 5.32 Å². The zero-order valence-corrected chi connectivity index (χ0v) is 14.8. The molecule has 1 N–H and O–H groups in total. The molecule has 1 aromatic heterocycles. The summed E-state index contributed by atoms with van der Waals surface area (Å²) < 4.78 is 1.99. The molecule has 2 aliphatic rings. The molecule has 3 heterocycles. The van der Waals surface area contributed by atoms with Gasteiger partial charge in [0.2, 0.25) is 0 Å². The number of fused-ring (bicyclic) bond motifs is 2. The van der Waals surface area contributed by atoms with Gasteiger partial charge in [-0.2, -0.15) is 5.10 Å². The van der Waals surface area contributed by atoms with Crippen LogP contribution in [0.2, 0.25) is 0 Å². The second-order valence-corrected chi connectivity index (χ2v) is 7.09. The van der Waals surface area contributed by atoms with Crippen LogP contribution in [0.3, 0.4) is 0 Å². The molecule has 2 bridgehead atoms. The molecule has 132 valence electrons. The van der Waals surface area contributed by atoms with Gasteiger partial charge in [0.15, 0.2) is 0 Å². The Morgan fingerprint density at radius 3 is 2.80 bits per heavy atom. The summed E-state index contributed by atoms with van der Waals surface area (Å²) in [5.41, 5.74) is 3.04. The predicted molar refractivity (Wildman–Crippen MR) is 97.6 cm³/mol. The maximum absolute atomic E-state index is 13.3. The SMILES string of the molecule is CCc1c(C(=O)N2C3CCNCC2CC3)cnn1Cc1ccccc1. The third kappa shape index (κ3) is 3.09. The molecule has 2 aromatic rings. The van der Waals surface area contributed by atoms with Gasteiger partial charge in [-0.1, -0.05) is 37.3 Å². The fourth-order valence-corrected chi connectivity index (χ4v) is 4.31. The van der Waals surface area contributed by atoms with E-state index in [2.05, 4.69) is 34.4 Å². The number of hydrogen-bond acceptors (Lipinski definition) is 3. The van der Waals surface area contributed by atoms with Gasteiger partial charge in [-0.3, -0.25) is 9.48 Å². The van der Waals surface area contributed by atoms with Gasteiger partial charge in [0.05, 0.1) is 24.0 Å². The van der Waals surface area contributed by atoms with Gasteiger partial charge >= 0.3 is 0 Å². The molecule has 0 spiro atoms. The number of aromatic nitrogens is 2. The third-order valence-electron chi connectivity index (χ3n) is 5.58. The zero-order valence-electron chi connectivity index (χ0n) is 14.8. The minimum Gasteiger partial charge on any atom is -0.331 e. The van der Waals surface area contributed by atoms with Crippen LogP contribution in [0, 0.1) is 0 Å². The van der Waals surface area contributed by atoms with Crippen molar-refractivity contribution < 1.29 is 4.79 Å². The zero-order chi connectivity index (χ0) is 17.2. The van der Waals surface area contributed by atoms with E-state index in [1.165, 1.54) is 5.56 Å². The number of rotatable bonds is 4. The van der Waals surface area contributed by atoms with Gasteiger partial charge in [0.25, 0.3) is 5.91 Å². The molecule has 0 saturated carbocycles. The molecule has 0 radical (unpaired) electrons. The second kappa shape index (κ2) is 7.00. The van der Waals surface area contributed by atoms with Crippen molar-refractivity contribution in [2.75, 3.05) is 13.1 Å². The molecule has 2 unspecified atom stereocenters. The fraction of sp³-hybridized carbons (Fsp3) is 0.500. The van der Waals surface area contributed by atoms with E-state index >= 15 is 0 Å². The summed E-state index contributed by atoms with van der Waals surface area (Å²) in [6, 6.07) is 11.0. The van der Waals surface area contributed by atoms with E-state index in [1.807, 2.05) is 22.9 Å². The molecule has 1 aromatic carbocycles. The number of amides is 1. The Kier molecular flexibility index (Phi) is 4.57. The Bertz CT molecular complexity index is 725. The van der Waals surface area contributed by atoms with Gasteiger partial charge in [-0.05, 0) is 37.8 Å². The molecular weight excluding hydrogens is 312 g/mol. The molecular formula is C20H26N4O. The van der Waals surface area contributed by atoms with Crippen LogP contribution in [0.5, 0.6) is 0 Å². The monoisotopic (exact) mass is 338 g/mol. The summed E-state index contributed by atoms with van der Waals surface area (Å²) in [7, 11) is 0. The van der Waals surface area contributed by atoms with Crippen molar-refractivity contribution in [2.45, 2.75) is 51.2 Å². The summed E-state index contributed by atoms with van der Waals surface area (Å²) in [5, 5.41) is 8.01. The van der Waals surface area contributed by atoms with Crippen molar-refractivity contribution in [2.24, 2.45) is 0 Å². The minimum absolute atomic E-state index is 0.173. The fourth-order valence-electron chi connectivity index (χ4n) is 4.31. The Morgan fingerprint density at radius 2 is 2.00 bits per heavy atom. The van der Waals surface area contributed by atoms with Crippen LogP contribution in [0.4, 0.5) is 0 Å². The standard InChI is InChI=1S/C20H26N4O/c1-2-19-18(13-22-23(19)14-15-6-4-3-5-7-15)20(25)24-16-8-9-17(24)12-21-11-10-16/h3-7,13,16-17,21H,2,8-12,14H2,1H3. The van der Waals surface area contributed by atoms with E-state index in [1.54, 1.807) is 6.20 Å². The highest BCUT2D eigenvalue weighted by Gasteiger charge is 2.39. The first-order valence-electron chi connectivity index (χ1n) is 9.40. The molecule has 2 saturated heterocycles. The van der Waals surface area contributed by atoms with E-state index in [0.29, 0.717) is 18.6 Å². The van der Waals surface area contributed by atoms with E-state index in [4.69, 9.17) is 0 Å². The molecule has 25 heavy (non-hydrogen) atoms. The third-order valence-corrected chi connectivity index (χ3v) is 5.58. The van der Waals surface area contributed by atoms with Crippen molar-refractivity contribution in [3.63, 3.8) is 0 Å². The molecule has 5 heteroatoms. The molecule has 4 rings (SSSR count). The normalized spacial score (nSPS) is 22.8. The lowest BCUT2D eigenvalue weighted by Crippen LogP contribution is -2.42. The van der Waals surface area contributed by atoms with Crippen molar-refractivity contribution in [3.8, 4) is 0 Å². The molecule has 2 atom stereocenters. The summed E-state index contributed by atoms with van der Waals surface area (Å²) >= 11 is 0. The van der Waals surface area contributed by atoms with Crippen molar-refractivity contribution in [3.05, 3.63) is 53.3 Å². The van der Waals surface area contributed by atoms with E-state index in [9.17, 15) is 4.79 Å².